The number of methoxy groups -OCH3 is 1. The van der Waals surface area contributed by atoms with Crippen molar-refractivity contribution in [1.82, 2.24) is 0 Å². The fraction of sp³-hybridized carbons (Fsp3) is 0.364. The van der Waals surface area contributed by atoms with Gasteiger partial charge in [-0.25, -0.2) is 4.79 Å². The van der Waals surface area contributed by atoms with E-state index in [0.717, 1.165) is 0 Å². The maximum atomic E-state index is 10.9. The number of hydrogen-bond donors (Lipinski definition) is 2. The van der Waals surface area contributed by atoms with Crippen molar-refractivity contribution in [2.24, 2.45) is 0 Å². The molecular formula is C11H14O4. The molecule has 0 aliphatic carbocycles. The van der Waals surface area contributed by atoms with E-state index in [9.17, 15) is 9.90 Å². The molecule has 0 amide bonds. The molecular weight excluding hydrogens is 196 g/mol. The lowest BCUT2D eigenvalue weighted by atomic mass is 9.91. The van der Waals surface area contributed by atoms with Crippen LogP contribution in [-0.2, 0) is 10.4 Å². The van der Waals surface area contributed by atoms with Gasteiger partial charge in [-0.05, 0) is 24.1 Å². The Morgan fingerprint density at radius 2 is 1.93 bits per heavy atom. The van der Waals surface area contributed by atoms with E-state index in [1.54, 1.807) is 31.2 Å². The van der Waals surface area contributed by atoms with Gasteiger partial charge in [0, 0.05) is 0 Å². The van der Waals surface area contributed by atoms with E-state index in [1.807, 2.05) is 0 Å². The largest absolute Gasteiger partial charge is 0.497 e. The summed E-state index contributed by atoms with van der Waals surface area (Å²) in [7, 11) is 1.53. The van der Waals surface area contributed by atoms with Crippen molar-refractivity contribution in [2.45, 2.75) is 18.9 Å². The van der Waals surface area contributed by atoms with E-state index in [0.29, 0.717) is 11.3 Å². The second-order valence-corrected chi connectivity index (χ2v) is 3.25. The molecule has 1 atom stereocenters. The lowest BCUT2D eigenvalue weighted by Gasteiger charge is -2.22. The number of carbonyl (C=O) groups is 1. The highest BCUT2D eigenvalue weighted by Crippen LogP contribution is 2.26. The fourth-order valence-corrected chi connectivity index (χ4v) is 1.35. The monoisotopic (exact) mass is 210 g/mol. The number of carboxylic acid groups (broad SMARTS) is 1. The van der Waals surface area contributed by atoms with E-state index >= 15 is 0 Å². The van der Waals surface area contributed by atoms with Crippen LogP contribution in [0.1, 0.15) is 18.9 Å². The van der Waals surface area contributed by atoms with Gasteiger partial charge in [0.25, 0.3) is 0 Å². The van der Waals surface area contributed by atoms with Crippen LogP contribution in [0, 0.1) is 0 Å². The quantitative estimate of drug-likeness (QED) is 0.787. The van der Waals surface area contributed by atoms with Crippen molar-refractivity contribution < 1.29 is 19.7 Å². The van der Waals surface area contributed by atoms with E-state index in [2.05, 4.69) is 0 Å². The van der Waals surface area contributed by atoms with Crippen LogP contribution in [0.2, 0.25) is 0 Å². The van der Waals surface area contributed by atoms with Crippen molar-refractivity contribution in [3.05, 3.63) is 29.8 Å². The summed E-state index contributed by atoms with van der Waals surface area (Å²) in [5, 5.41) is 18.8. The zero-order valence-corrected chi connectivity index (χ0v) is 8.73. The second kappa shape index (κ2) is 4.31. The Hall–Kier alpha value is -1.55. The number of carboxylic acids is 1. The van der Waals surface area contributed by atoms with Gasteiger partial charge in [0.2, 0.25) is 0 Å². The standard InChI is InChI=1S/C11H14O4/c1-3-11(14,10(12)13)8-4-6-9(15-2)7-5-8/h4-7,14H,3H2,1-2H3,(H,12,13). The molecule has 4 nitrogen and oxygen atoms in total. The lowest BCUT2D eigenvalue weighted by molar-refractivity contribution is -0.160. The molecule has 2 N–H and O–H groups in total. The Morgan fingerprint density at radius 1 is 1.40 bits per heavy atom. The summed E-state index contributed by atoms with van der Waals surface area (Å²) in [6.45, 7) is 1.62. The van der Waals surface area contributed by atoms with Gasteiger partial charge in [-0.15, -0.1) is 0 Å². The molecule has 1 aromatic carbocycles. The minimum atomic E-state index is -1.81. The minimum absolute atomic E-state index is 0.120. The van der Waals surface area contributed by atoms with Gasteiger partial charge in [-0.2, -0.15) is 0 Å². The zero-order chi connectivity index (χ0) is 11.5. The summed E-state index contributed by atoms with van der Waals surface area (Å²) in [6.07, 6.45) is 0.120. The van der Waals surface area contributed by atoms with Crippen molar-refractivity contribution in [2.75, 3.05) is 7.11 Å². The van der Waals surface area contributed by atoms with Crippen molar-refractivity contribution >= 4 is 5.97 Å². The molecule has 1 unspecified atom stereocenters. The average Bonchev–Trinajstić information content (AvgIpc) is 2.28. The molecule has 0 heterocycles. The van der Waals surface area contributed by atoms with Crippen LogP contribution < -0.4 is 4.74 Å². The highest BCUT2D eigenvalue weighted by atomic mass is 16.5. The number of rotatable bonds is 4. The third-order valence-electron chi connectivity index (χ3n) is 2.43. The first-order chi connectivity index (χ1) is 7.04. The van der Waals surface area contributed by atoms with Crippen LogP contribution in [0.25, 0.3) is 0 Å². The molecule has 15 heavy (non-hydrogen) atoms. The van der Waals surface area contributed by atoms with Gasteiger partial charge in [0.05, 0.1) is 7.11 Å². The van der Waals surface area contributed by atoms with E-state index in [4.69, 9.17) is 9.84 Å². The molecule has 4 heteroatoms. The molecule has 0 aromatic heterocycles. The fourth-order valence-electron chi connectivity index (χ4n) is 1.35. The molecule has 82 valence electrons. The van der Waals surface area contributed by atoms with E-state index in [-0.39, 0.29) is 6.42 Å². The first kappa shape index (κ1) is 11.5. The molecule has 0 saturated carbocycles. The SMILES string of the molecule is CCC(O)(C(=O)O)c1ccc(OC)cc1. The number of benzene rings is 1. The highest BCUT2D eigenvalue weighted by Gasteiger charge is 2.35. The Balaban J connectivity index is 3.08. The van der Waals surface area contributed by atoms with Crippen molar-refractivity contribution in [3.8, 4) is 5.75 Å². The predicted molar refractivity (Wildman–Crippen MR) is 54.8 cm³/mol. The third kappa shape index (κ3) is 2.10. The molecule has 0 aliphatic heterocycles. The maximum absolute atomic E-state index is 10.9. The summed E-state index contributed by atoms with van der Waals surface area (Å²) in [5.41, 5.74) is -1.45. The third-order valence-corrected chi connectivity index (χ3v) is 2.43. The van der Waals surface area contributed by atoms with Crippen LogP contribution >= 0.6 is 0 Å². The van der Waals surface area contributed by atoms with Gasteiger partial charge in [0.1, 0.15) is 5.75 Å². The Kier molecular flexibility index (Phi) is 3.31. The lowest BCUT2D eigenvalue weighted by Crippen LogP contribution is -2.34. The van der Waals surface area contributed by atoms with Crippen LogP contribution in [0.4, 0.5) is 0 Å². The molecule has 1 rings (SSSR count). The van der Waals surface area contributed by atoms with Gasteiger partial charge in [-0.1, -0.05) is 19.1 Å². The second-order valence-electron chi connectivity index (χ2n) is 3.25. The Bertz CT molecular complexity index is 344. The topological polar surface area (TPSA) is 66.8 Å². The van der Waals surface area contributed by atoms with E-state index < -0.39 is 11.6 Å². The molecule has 1 aromatic rings. The highest BCUT2D eigenvalue weighted by molar-refractivity contribution is 5.79. The predicted octanol–water partition coefficient (Wildman–Crippen LogP) is 1.38. The Labute approximate surface area is 88.1 Å². The summed E-state index contributed by atoms with van der Waals surface area (Å²) in [4.78, 5) is 10.9. The van der Waals surface area contributed by atoms with Crippen molar-refractivity contribution in [3.63, 3.8) is 0 Å². The number of hydrogen-bond acceptors (Lipinski definition) is 3. The molecule has 0 spiro atoms. The molecule has 0 fully saturated rings. The molecule has 0 radical (unpaired) electrons. The van der Waals surface area contributed by atoms with Crippen molar-refractivity contribution in [1.29, 1.82) is 0 Å². The average molecular weight is 210 g/mol. The van der Waals surface area contributed by atoms with E-state index in [1.165, 1.54) is 7.11 Å². The zero-order valence-electron chi connectivity index (χ0n) is 8.73. The van der Waals surface area contributed by atoms with Crippen LogP contribution in [-0.4, -0.2) is 23.3 Å². The maximum Gasteiger partial charge on any atom is 0.340 e. The van der Waals surface area contributed by atoms with Crippen LogP contribution in [0.5, 0.6) is 5.75 Å². The first-order valence-corrected chi connectivity index (χ1v) is 4.65. The molecule has 0 aliphatic rings. The summed E-state index contributed by atoms with van der Waals surface area (Å²) >= 11 is 0. The summed E-state index contributed by atoms with van der Waals surface area (Å²) in [6, 6.07) is 6.35. The Morgan fingerprint density at radius 3 is 2.27 bits per heavy atom. The molecule has 0 saturated heterocycles. The van der Waals surface area contributed by atoms with Gasteiger partial charge >= 0.3 is 5.97 Å². The number of aliphatic hydroxyl groups is 1. The van der Waals surface area contributed by atoms with Gasteiger partial charge in [-0.3, -0.25) is 0 Å². The first-order valence-electron chi connectivity index (χ1n) is 4.65. The van der Waals surface area contributed by atoms with Gasteiger partial charge < -0.3 is 14.9 Å². The summed E-state index contributed by atoms with van der Waals surface area (Å²) < 4.78 is 4.95. The molecule has 0 bridgehead atoms. The van der Waals surface area contributed by atoms with Gasteiger partial charge in [0.15, 0.2) is 5.60 Å². The number of aliphatic carboxylic acids is 1. The van der Waals surface area contributed by atoms with Crippen LogP contribution in [0.3, 0.4) is 0 Å². The summed E-state index contributed by atoms with van der Waals surface area (Å²) in [5.74, 6) is -0.613. The normalized spacial score (nSPS) is 14.3. The van der Waals surface area contributed by atoms with Crippen LogP contribution in [0.15, 0.2) is 24.3 Å². The minimum Gasteiger partial charge on any atom is -0.497 e. The smallest absolute Gasteiger partial charge is 0.340 e. The number of ether oxygens (including phenoxy) is 1.